The van der Waals surface area contributed by atoms with Crippen molar-refractivity contribution in [2.45, 2.75) is 44.9 Å². The van der Waals surface area contributed by atoms with Gasteiger partial charge in [0.05, 0.1) is 22.7 Å². The Labute approximate surface area is 185 Å². The van der Waals surface area contributed by atoms with Crippen molar-refractivity contribution in [3.63, 3.8) is 0 Å². The second-order valence-electron chi connectivity index (χ2n) is 7.77. The van der Waals surface area contributed by atoms with E-state index in [-0.39, 0.29) is 7.48 Å². The van der Waals surface area contributed by atoms with Crippen molar-refractivity contribution in [2.75, 3.05) is 14.2 Å². The molecule has 0 saturated carbocycles. The van der Waals surface area contributed by atoms with Crippen LogP contribution in [0.25, 0.3) is 5.65 Å². The zero-order valence-corrected chi connectivity index (χ0v) is 19.8. The molecule has 162 valence electrons. The molecule has 2 rings (SSSR count). The van der Waals surface area contributed by atoms with E-state index in [1.807, 2.05) is 42.1 Å². The topological polar surface area (TPSA) is 99.9 Å². The number of nitrogens with zero attached hydrogens (tertiary/aromatic N) is 2. The number of aromatic nitrogens is 2. The van der Waals surface area contributed by atoms with Crippen molar-refractivity contribution in [3.05, 3.63) is 46.4 Å². The van der Waals surface area contributed by atoms with Gasteiger partial charge in [0, 0.05) is 19.3 Å². The first kappa shape index (κ1) is 24.1. The van der Waals surface area contributed by atoms with Gasteiger partial charge < -0.3 is 25.2 Å². The number of methoxy groups -OCH3 is 1. The molecule has 3 N–H and O–H groups in total. The molecule has 0 aliphatic carbocycles. The summed E-state index contributed by atoms with van der Waals surface area (Å²) in [5.74, 6) is -0.448. The van der Waals surface area contributed by atoms with Crippen LogP contribution in [0.15, 0.2) is 40.8 Å². The van der Waals surface area contributed by atoms with Crippen LogP contribution >= 0.6 is 15.9 Å². The summed E-state index contributed by atoms with van der Waals surface area (Å²) in [6.07, 6.45) is 8.38. The lowest BCUT2D eigenvalue weighted by molar-refractivity contribution is -0.712. The minimum atomic E-state index is -1.29. The monoisotopic (exact) mass is 479 g/mol. The van der Waals surface area contributed by atoms with Gasteiger partial charge in [-0.3, -0.25) is 0 Å². The molecule has 0 aliphatic heterocycles. The van der Waals surface area contributed by atoms with Crippen LogP contribution in [0.3, 0.4) is 0 Å². The van der Waals surface area contributed by atoms with E-state index in [0.29, 0.717) is 15.5 Å². The van der Waals surface area contributed by atoms with Gasteiger partial charge in [-0.1, -0.05) is 0 Å². The highest BCUT2D eigenvalue weighted by Gasteiger charge is 2.48. The van der Waals surface area contributed by atoms with E-state index in [2.05, 4.69) is 21.2 Å². The number of allylic oxidation sites excluding steroid dienone is 1. The molecule has 0 spiro atoms. The summed E-state index contributed by atoms with van der Waals surface area (Å²) in [6, 6.07) is 1.32. The number of hydrogen-bond donors (Lipinski definition) is 3. The van der Waals surface area contributed by atoms with E-state index in [0.717, 1.165) is 5.65 Å². The predicted molar refractivity (Wildman–Crippen MR) is 120 cm³/mol. The van der Waals surface area contributed by atoms with Crippen molar-refractivity contribution in [2.24, 2.45) is 0 Å². The van der Waals surface area contributed by atoms with Crippen LogP contribution in [0, 0.1) is 5.41 Å². The normalized spacial score (nSPS) is 15.4. The summed E-state index contributed by atoms with van der Waals surface area (Å²) >= 11 is 3.40. The second-order valence-corrected chi connectivity index (χ2v) is 8.63. The Morgan fingerprint density at radius 2 is 2.13 bits per heavy atom. The summed E-state index contributed by atoms with van der Waals surface area (Å²) in [5.41, 5.74) is -0.455. The Hall–Kier alpha value is -2.17. The number of aliphatic hydroxyl groups is 1. The number of imidazole rings is 1. The molecule has 2 atom stereocenters. The van der Waals surface area contributed by atoms with Gasteiger partial charge in [-0.05, 0) is 55.3 Å². The smallest absolute Gasteiger partial charge is 0.339 e. The summed E-state index contributed by atoms with van der Waals surface area (Å²) in [4.78, 5) is 12.1. The zero-order valence-electron chi connectivity index (χ0n) is 18.2. The minimum absolute atomic E-state index is 0.181. The predicted octanol–water partition coefficient (Wildman–Crippen LogP) is 1.94. The summed E-state index contributed by atoms with van der Waals surface area (Å²) in [6.45, 7) is 7.26. The highest BCUT2D eigenvalue weighted by molar-refractivity contribution is 9.10. The molecule has 0 saturated heterocycles. The first-order valence-electron chi connectivity index (χ1n) is 9.53. The summed E-state index contributed by atoms with van der Waals surface area (Å²) < 4.78 is 15.3. The van der Waals surface area contributed by atoms with Gasteiger partial charge in [-0.2, -0.15) is 0 Å². The lowest BCUT2D eigenvalue weighted by Crippen LogP contribution is -2.61. The number of carbonyl (C=O) groups is 1. The first-order chi connectivity index (χ1) is 14.0. The lowest BCUT2D eigenvalue weighted by Gasteiger charge is -2.42. The Kier molecular flexibility index (Phi) is 7.49. The number of rotatable bonds is 9. The second kappa shape index (κ2) is 9.32. The molecule has 0 aliphatic rings. The minimum Gasteiger partial charge on any atom is -0.465 e. The molecule has 0 bridgehead atoms. The summed E-state index contributed by atoms with van der Waals surface area (Å²) in [5, 5.41) is 21.8. The molecule has 2 heterocycles. The molecular weight excluding hydrogens is 451 g/mol. The van der Waals surface area contributed by atoms with Gasteiger partial charge in [-0.15, -0.1) is 0 Å². The third-order valence-electron chi connectivity index (χ3n) is 5.67. The molecule has 0 aromatic carbocycles. The van der Waals surface area contributed by atoms with E-state index >= 15 is 0 Å². The number of nitrogens with one attached hydrogen (secondary N) is 2. The molecule has 2 aromatic heterocycles. The number of fused-ring (bicyclic) bond motifs is 1. The molecule has 0 fully saturated rings. The maximum Gasteiger partial charge on any atom is 0.339 e. The first-order valence-corrected chi connectivity index (χ1v) is 10.3. The fraction of sp³-hybridized carbons (Fsp3) is 0.450. The van der Waals surface area contributed by atoms with Crippen molar-refractivity contribution in [1.29, 1.82) is 5.41 Å². The van der Waals surface area contributed by atoms with Crippen molar-refractivity contribution in [3.8, 4) is 0 Å². The number of carbonyl (C=O) groups excluding carboxylic acids is 1. The van der Waals surface area contributed by atoms with Gasteiger partial charge in [0.15, 0.2) is 0 Å². The number of pyridine rings is 1. The average Bonchev–Trinajstić information content (AvgIpc) is 3.11. The molecule has 2 aromatic rings. The van der Waals surface area contributed by atoms with Crippen LogP contribution in [0.1, 0.15) is 44.1 Å². The Morgan fingerprint density at radius 1 is 1.47 bits per heavy atom. The third-order valence-corrected chi connectivity index (χ3v) is 6.30. The van der Waals surface area contributed by atoms with E-state index in [1.165, 1.54) is 13.3 Å². The van der Waals surface area contributed by atoms with Crippen LogP contribution in [-0.2, 0) is 9.39 Å². The van der Waals surface area contributed by atoms with Crippen molar-refractivity contribution >= 4 is 41.2 Å². The van der Waals surface area contributed by atoms with Gasteiger partial charge in [0.2, 0.25) is 0 Å². The van der Waals surface area contributed by atoms with Gasteiger partial charge in [0.1, 0.15) is 30.2 Å². The number of halogens is 1. The van der Waals surface area contributed by atoms with Gasteiger partial charge >= 0.3 is 13.5 Å². The van der Waals surface area contributed by atoms with E-state index in [9.17, 15) is 9.90 Å². The molecule has 1 unspecified atom stereocenters. The van der Waals surface area contributed by atoms with Crippen molar-refractivity contribution in [1.82, 2.24) is 9.72 Å². The van der Waals surface area contributed by atoms with E-state index in [1.54, 1.807) is 32.4 Å². The number of esters is 1. The Bertz CT molecular complexity index is 971. The van der Waals surface area contributed by atoms with E-state index in [4.69, 9.17) is 14.8 Å². The Morgan fingerprint density at radius 3 is 2.70 bits per heavy atom. The number of hydrogen-bond acceptors (Lipinski definition) is 6. The standard InChI is InChI=1S/C20H29BBrN4O4/c1-13(20(4,28)19(2,3)30-21-14(10-23)11-24-5)26-8-7-25-12-16(22)15(9-17(25)26)18(27)29-6/h7-13,21,23-24,28H,1-6H3/q+1/b14-11+,23-10?/t13-,20?/m1/s1. The fourth-order valence-corrected chi connectivity index (χ4v) is 3.66. The molecule has 0 amide bonds. The third kappa shape index (κ3) is 4.60. The van der Waals surface area contributed by atoms with Crippen LogP contribution < -0.4 is 9.88 Å². The summed E-state index contributed by atoms with van der Waals surface area (Å²) in [7, 11) is 3.27. The maximum atomic E-state index is 12.1. The highest BCUT2D eigenvalue weighted by Crippen LogP contribution is 2.33. The van der Waals surface area contributed by atoms with E-state index < -0.39 is 23.2 Å². The van der Waals surface area contributed by atoms with Crippen LogP contribution in [0.4, 0.5) is 0 Å². The lowest BCUT2D eigenvalue weighted by atomic mass is 9.78. The van der Waals surface area contributed by atoms with Crippen LogP contribution in [-0.4, -0.2) is 54.5 Å². The maximum absolute atomic E-state index is 12.1. The molecule has 8 nitrogen and oxygen atoms in total. The van der Waals surface area contributed by atoms with Crippen molar-refractivity contribution < 1.29 is 23.9 Å². The molecular formula is C20H29BBrN4O4+. The molecule has 10 heteroatoms. The zero-order chi connectivity index (χ0) is 22.7. The largest absolute Gasteiger partial charge is 0.465 e. The highest BCUT2D eigenvalue weighted by atomic mass is 79.9. The average molecular weight is 480 g/mol. The molecule has 0 radical (unpaired) electrons. The number of ether oxygens (including phenoxy) is 1. The Balaban J connectivity index is 2.40. The van der Waals surface area contributed by atoms with Crippen LogP contribution in [0.2, 0.25) is 0 Å². The quantitative estimate of drug-likeness (QED) is 0.221. The SMILES string of the molecule is CN/C=C(/BOC(C)(C)C(C)(O)[C@@H](C)[n+]1ccn2cc(Br)c(C(=O)OC)cc21)C=N. The fourth-order valence-electron chi connectivity index (χ4n) is 3.17. The molecule has 30 heavy (non-hydrogen) atoms. The van der Waals surface area contributed by atoms with Gasteiger partial charge in [0.25, 0.3) is 5.65 Å². The van der Waals surface area contributed by atoms with Crippen LogP contribution in [0.5, 0.6) is 0 Å². The van der Waals surface area contributed by atoms with Gasteiger partial charge in [-0.25, -0.2) is 13.8 Å².